The van der Waals surface area contributed by atoms with Crippen molar-refractivity contribution in [2.45, 2.75) is 38.6 Å². The van der Waals surface area contributed by atoms with Crippen molar-refractivity contribution in [1.29, 1.82) is 0 Å². The first-order chi connectivity index (χ1) is 18.7. The summed E-state index contributed by atoms with van der Waals surface area (Å²) in [6.07, 6.45) is -0.555. The Hall–Kier alpha value is -4.41. The van der Waals surface area contributed by atoms with Crippen molar-refractivity contribution in [2.24, 2.45) is 11.8 Å². The molecule has 0 aliphatic carbocycles. The van der Waals surface area contributed by atoms with Crippen LogP contribution >= 0.6 is 0 Å². The molecule has 1 N–H and O–H groups in total. The lowest BCUT2D eigenvalue weighted by Crippen LogP contribution is -2.58. The van der Waals surface area contributed by atoms with Crippen LogP contribution in [0.15, 0.2) is 54.6 Å². The van der Waals surface area contributed by atoms with E-state index in [1.165, 1.54) is 11.8 Å². The number of fused-ring (bicyclic) bond motifs is 1. The molecule has 1 aliphatic rings. The first-order valence-electron chi connectivity index (χ1n) is 12.3. The fourth-order valence-electron chi connectivity index (χ4n) is 4.50. The zero-order chi connectivity index (χ0) is 28.5. The fourth-order valence-corrected chi connectivity index (χ4v) is 4.50. The van der Waals surface area contributed by atoms with Crippen LogP contribution in [0.1, 0.15) is 23.6 Å². The minimum atomic E-state index is -1.51. The van der Waals surface area contributed by atoms with Crippen molar-refractivity contribution in [2.75, 3.05) is 21.3 Å². The number of benzene rings is 2. The van der Waals surface area contributed by atoms with Gasteiger partial charge in [-0.3, -0.25) is 19.3 Å². The maximum atomic E-state index is 13.6. The number of nitrogens with zero attached hydrogens (tertiary/aromatic N) is 1. The van der Waals surface area contributed by atoms with Crippen LogP contribution < -0.4 is 5.32 Å². The quantitative estimate of drug-likeness (QED) is 0.288. The minimum Gasteiger partial charge on any atom is -0.468 e. The van der Waals surface area contributed by atoms with Gasteiger partial charge in [-0.25, -0.2) is 9.59 Å². The molecule has 0 saturated heterocycles. The molecule has 0 spiro atoms. The third kappa shape index (κ3) is 6.92. The van der Waals surface area contributed by atoms with Crippen molar-refractivity contribution < 1.29 is 42.9 Å². The van der Waals surface area contributed by atoms with Gasteiger partial charge in [0.05, 0.1) is 27.9 Å². The second kappa shape index (κ2) is 13.4. The number of hydrogen-bond donors (Lipinski definition) is 1. The van der Waals surface area contributed by atoms with Gasteiger partial charge in [-0.15, -0.1) is 0 Å². The van der Waals surface area contributed by atoms with Gasteiger partial charge in [-0.05, 0) is 16.7 Å². The summed E-state index contributed by atoms with van der Waals surface area (Å²) in [6.45, 7) is 1.53. The zero-order valence-electron chi connectivity index (χ0n) is 22.2. The molecule has 0 fully saturated rings. The molecular formula is C28H32N2O9. The van der Waals surface area contributed by atoms with E-state index in [1.54, 1.807) is 0 Å². The van der Waals surface area contributed by atoms with E-state index in [1.807, 2.05) is 54.6 Å². The largest absolute Gasteiger partial charge is 0.468 e. The van der Waals surface area contributed by atoms with Crippen molar-refractivity contribution in [3.63, 3.8) is 0 Å². The minimum absolute atomic E-state index is 0.00785. The van der Waals surface area contributed by atoms with E-state index < -0.39 is 53.8 Å². The van der Waals surface area contributed by atoms with Gasteiger partial charge in [0.15, 0.2) is 5.92 Å². The maximum absolute atomic E-state index is 13.6. The molecule has 0 bridgehead atoms. The van der Waals surface area contributed by atoms with E-state index in [2.05, 4.69) is 5.32 Å². The van der Waals surface area contributed by atoms with Crippen molar-refractivity contribution >= 4 is 29.9 Å². The van der Waals surface area contributed by atoms with Crippen LogP contribution in [-0.4, -0.2) is 68.2 Å². The number of ether oxygens (including phenoxy) is 4. The molecule has 2 amide bonds. The van der Waals surface area contributed by atoms with E-state index in [9.17, 15) is 24.0 Å². The van der Waals surface area contributed by atoms with E-state index in [0.717, 1.165) is 38.0 Å². The highest BCUT2D eigenvalue weighted by molar-refractivity contribution is 5.97. The summed E-state index contributed by atoms with van der Waals surface area (Å²) in [5, 5.41) is 2.59. The van der Waals surface area contributed by atoms with Gasteiger partial charge in [-0.1, -0.05) is 61.5 Å². The summed E-state index contributed by atoms with van der Waals surface area (Å²) in [7, 11) is 3.30. The van der Waals surface area contributed by atoms with Crippen LogP contribution in [0.25, 0.3) is 0 Å². The van der Waals surface area contributed by atoms with Crippen LogP contribution in [0.5, 0.6) is 0 Å². The third-order valence-electron chi connectivity index (χ3n) is 6.71. The van der Waals surface area contributed by atoms with Gasteiger partial charge in [0.1, 0.15) is 18.7 Å². The second-order valence-corrected chi connectivity index (χ2v) is 9.05. The molecule has 2 aromatic carbocycles. The summed E-state index contributed by atoms with van der Waals surface area (Å²) >= 11 is 0. The summed E-state index contributed by atoms with van der Waals surface area (Å²) in [6, 6.07) is 14.0. The van der Waals surface area contributed by atoms with Crippen LogP contribution in [0.3, 0.4) is 0 Å². The predicted molar refractivity (Wildman–Crippen MR) is 137 cm³/mol. The van der Waals surface area contributed by atoms with Crippen LogP contribution in [0, 0.1) is 11.8 Å². The summed E-state index contributed by atoms with van der Waals surface area (Å²) < 4.78 is 19.8. The van der Waals surface area contributed by atoms with E-state index >= 15 is 0 Å². The Morgan fingerprint density at radius 3 is 2.00 bits per heavy atom. The fraction of sp³-hybridized carbons (Fsp3) is 0.393. The van der Waals surface area contributed by atoms with Gasteiger partial charge in [0.25, 0.3) is 0 Å². The second-order valence-electron chi connectivity index (χ2n) is 9.05. The number of carbonyl (C=O) groups excluding carboxylic acids is 5. The van der Waals surface area contributed by atoms with E-state index in [0.29, 0.717) is 0 Å². The molecule has 1 heterocycles. The molecule has 0 aromatic heterocycles. The SMILES string of the molecule is COC(=O)C(C(=O)OC)[C@@H](C)[C@@H](NC(=O)[C@@H]1Cc2ccccc2CN1C(=O)OCc1ccccc1)C(=O)OC. The molecule has 2 aromatic rings. The topological polar surface area (TPSA) is 138 Å². The van der Waals surface area contributed by atoms with Crippen molar-refractivity contribution in [1.82, 2.24) is 10.2 Å². The molecule has 0 unspecified atom stereocenters. The van der Waals surface area contributed by atoms with Gasteiger partial charge in [0.2, 0.25) is 5.91 Å². The highest BCUT2D eigenvalue weighted by Crippen LogP contribution is 2.26. The lowest BCUT2D eigenvalue weighted by atomic mass is 9.86. The van der Waals surface area contributed by atoms with E-state index in [-0.39, 0.29) is 19.6 Å². The maximum Gasteiger partial charge on any atom is 0.411 e. The first-order valence-corrected chi connectivity index (χ1v) is 12.3. The predicted octanol–water partition coefficient (Wildman–Crippen LogP) is 2.01. The Labute approximate surface area is 226 Å². The number of methoxy groups -OCH3 is 3. The van der Waals surface area contributed by atoms with Crippen LogP contribution in [0.2, 0.25) is 0 Å². The first kappa shape index (κ1) is 29.2. The number of carbonyl (C=O) groups is 5. The molecule has 3 rings (SSSR count). The Balaban J connectivity index is 1.87. The molecule has 11 heteroatoms. The Morgan fingerprint density at radius 2 is 1.41 bits per heavy atom. The van der Waals surface area contributed by atoms with Gasteiger partial charge in [0, 0.05) is 12.3 Å². The van der Waals surface area contributed by atoms with E-state index in [4.69, 9.17) is 18.9 Å². The average Bonchev–Trinajstić information content (AvgIpc) is 2.97. The standard InChI is InChI=1S/C28H32N2O9/c1-17(22(25(32)36-2)26(33)37-3)23(27(34)38-4)29-24(31)21-14-19-12-8-9-13-20(19)15-30(21)28(35)39-16-18-10-6-5-7-11-18/h5-13,17,21-23H,14-16H2,1-4H3,(H,29,31)/t17-,21+,23-/m1/s1. The van der Waals surface area contributed by atoms with Crippen LogP contribution in [-0.2, 0) is 57.7 Å². The normalized spacial score (nSPS) is 15.8. The number of rotatable bonds is 9. The number of nitrogens with one attached hydrogen (secondary N) is 1. The summed E-state index contributed by atoms with van der Waals surface area (Å²) in [5.41, 5.74) is 2.49. The molecule has 11 nitrogen and oxygen atoms in total. The molecule has 0 radical (unpaired) electrons. The average molecular weight is 541 g/mol. The summed E-state index contributed by atoms with van der Waals surface area (Å²) in [4.78, 5) is 65.6. The molecule has 208 valence electrons. The molecule has 39 heavy (non-hydrogen) atoms. The Kier molecular flexibility index (Phi) is 10.0. The Bertz CT molecular complexity index is 1180. The van der Waals surface area contributed by atoms with Gasteiger partial charge in [-0.2, -0.15) is 0 Å². The summed E-state index contributed by atoms with van der Waals surface area (Å²) in [5.74, 6) is -6.05. The number of esters is 3. The molecule has 3 atom stereocenters. The van der Waals surface area contributed by atoms with Crippen molar-refractivity contribution in [3.05, 3.63) is 71.3 Å². The molecule has 0 saturated carbocycles. The van der Waals surface area contributed by atoms with Crippen LogP contribution in [0.4, 0.5) is 4.79 Å². The molecular weight excluding hydrogens is 508 g/mol. The smallest absolute Gasteiger partial charge is 0.411 e. The number of amides is 2. The lowest BCUT2D eigenvalue weighted by Gasteiger charge is -2.36. The highest BCUT2D eigenvalue weighted by Gasteiger charge is 2.44. The third-order valence-corrected chi connectivity index (χ3v) is 6.71. The highest BCUT2D eigenvalue weighted by atomic mass is 16.6. The Morgan fingerprint density at radius 1 is 0.846 bits per heavy atom. The zero-order valence-corrected chi connectivity index (χ0v) is 22.2. The number of hydrogen-bond acceptors (Lipinski definition) is 9. The lowest BCUT2D eigenvalue weighted by molar-refractivity contribution is -0.163. The van der Waals surface area contributed by atoms with Crippen molar-refractivity contribution in [3.8, 4) is 0 Å². The molecule has 1 aliphatic heterocycles. The monoisotopic (exact) mass is 540 g/mol. The van der Waals surface area contributed by atoms with Gasteiger partial charge >= 0.3 is 24.0 Å². The van der Waals surface area contributed by atoms with Gasteiger partial charge < -0.3 is 24.3 Å².